The minimum Gasteiger partial charge on any atom is -0.507 e. The van der Waals surface area contributed by atoms with Crippen molar-refractivity contribution in [3.05, 3.63) is 18.2 Å². The zero-order valence-corrected chi connectivity index (χ0v) is 15.6. The number of carbonyl (C=O) groups excluding carboxylic acids is 2. The number of hydrogen-bond donors (Lipinski definition) is 7. The van der Waals surface area contributed by atoms with E-state index in [1.54, 1.807) is 0 Å². The van der Waals surface area contributed by atoms with Crippen LogP contribution in [0.4, 0.5) is 5.69 Å². The standard InChI is InChI=1S/C16H22N4O7S/c17-8-1-3-11(21)12(5-8)28-7-10(15(25)19-6-14(23)24)20-13(22)4-2-9(18)16(26)27/h1,3,5,9-10,21H,2,4,6-7,17-18H2,(H,19,25)(H,20,22)(H,23,24)(H,26,27)/t9-,10-/m1/s1. The van der Waals surface area contributed by atoms with Crippen LogP contribution in [0.25, 0.3) is 0 Å². The van der Waals surface area contributed by atoms with Crippen LogP contribution in [0.15, 0.2) is 23.1 Å². The molecule has 0 fully saturated rings. The maximum atomic E-state index is 12.2. The smallest absolute Gasteiger partial charge is 0.322 e. The van der Waals surface area contributed by atoms with Crippen LogP contribution in [0.3, 0.4) is 0 Å². The van der Waals surface area contributed by atoms with Crippen molar-refractivity contribution in [2.75, 3.05) is 18.0 Å². The molecule has 9 N–H and O–H groups in total. The Balaban J connectivity index is 2.76. The third-order valence-corrected chi connectivity index (χ3v) is 4.59. The van der Waals surface area contributed by atoms with Crippen molar-refractivity contribution in [3.8, 4) is 5.75 Å². The molecular formula is C16H22N4O7S. The van der Waals surface area contributed by atoms with Gasteiger partial charge in [0.15, 0.2) is 0 Å². The first-order valence-electron chi connectivity index (χ1n) is 8.08. The van der Waals surface area contributed by atoms with E-state index in [1.165, 1.54) is 18.2 Å². The van der Waals surface area contributed by atoms with E-state index >= 15 is 0 Å². The summed E-state index contributed by atoms with van der Waals surface area (Å²) in [5.74, 6) is -3.97. The number of aliphatic carboxylic acids is 2. The van der Waals surface area contributed by atoms with Crippen molar-refractivity contribution in [3.63, 3.8) is 0 Å². The molecule has 1 aromatic rings. The van der Waals surface area contributed by atoms with Gasteiger partial charge in [-0.2, -0.15) is 0 Å². The normalized spacial score (nSPS) is 12.6. The van der Waals surface area contributed by atoms with Crippen LogP contribution in [-0.4, -0.2) is 63.5 Å². The first kappa shape index (κ1) is 23.0. The Bertz CT molecular complexity index is 744. The topological polar surface area (TPSA) is 205 Å². The molecule has 0 radical (unpaired) electrons. The van der Waals surface area contributed by atoms with Gasteiger partial charge in [-0.15, -0.1) is 11.8 Å². The number of nitrogen functional groups attached to an aromatic ring is 1. The molecule has 0 aliphatic rings. The largest absolute Gasteiger partial charge is 0.507 e. The van der Waals surface area contributed by atoms with Gasteiger partial charge in [0.05, 0.1) is 4.90 Å². The highest BCUT2D eigenvalue weighted by Crippen LogP contribution is 2.30. The second-order valence-corrected chi connectivity index (χ2v) is 6.82. The highest BCUT2D eigenvalue weighted by atomic mass is 32.2. The summed E-state index contributed by atoms with van der Waals surface area (Å²) in [6, 6.07) is 2.01. The highest BCUT2D eigenvalue weighted by Gasteiger charge is 2.23. The average Bonchev–Trinajstić information content (AvgIpc) is 2.63. The van der Waals surface area contributed by atoms with Gasteiger partial charge >= 0.3 is 11.9 Å². The van der Waals surface area contributed by atoms with Gasteiger partial charge in [0.1, 0.15) is 24.4 Å². The number of aromatic hydroxyl groups is 1. The quantitative estimate of drug-likeness (QED) is 0.133. The number of phenolic OH excluding ortho intramolecular Hbond substituents is 1. The van der Waals surface area contributed by atoms with Gasteiger partial charge in [-0.1, -0.05) is 0 Å². The van der Waals surface area contributed by atoms with E-state index < -0.39 is 42.4 Å². The summed E-state index contributed by atoms with van der Waals surface area (Å²) in [6.45, 7) is -0.636. The Morgan fingerprint density at radius 2 is 1.86 bits per heavy atom. The first-order valence-corrected chi connectivity index (χ1v) is 9.07. The van der Waals surface area contributed by atoms with Crippen molar-refractivity contribution in [1.82, 2.24) is 10.6 Å². The summed E-state index contributed by atoms with van der Waals surface area (Å²) in [5, 5.41) is 31.8. The Hall–Kier alpha value is -2.99. The molecule has 12 heteroatoms. The molecule has 0 heterocycles. The molecule has 0 bridgehead atoms. The molecule has 0 unspecified atom stereocenters. The molecule has 0 aromatic heterocycles. The number of anilines is 1. The maximum Gasteiger partial charge on any atom is 0.322 e. The molecule has 2 atom stereocenters. The maximum absolute atomic E-state index is 12.2. The lowest BCUT2D eigenvalue weighted by Crippen LogP contribution is -2.49. The fourth-order valence-corrected chi connectivity index (χ4v) is 2.98. The summed E-state index contributed by atoms with van der Waals surface area (Å²) in [6.07, 6.45) is -0.363. The van der Waals surface area contributed by atoms with Gasteiger partial charge in [0.2, 0.25) is 11.8 Å². The van der Waals surface area contributed by atoms with E-state index in [-0.39, 0.29) is 24.3 Å². The summed E-state index contributed by atoms with van der Waals surface area (Å²) in [4.78, 5) is 45.9. The van der Waals surface area contributed by atoms with E-state index in [0.29, 0.717) is 10.6 Å². The Kier molecular flexibility index (Phi) is 9.05. The monoisotopic (exact) mass is 414 g/mol. The number of carboxylic acids is 2. The molecule has 0 spiro atoms. The number of benzene rings is 1. The zero-order chi connectivity index (χ0) is 21.3. The van der Waals surface area contributed by atoms with Gasteiger partial charge < -0.3 is 37.4 Å². The molecule has 0 aliphatic heterocycles. The lowest BCUT2D eigenvalue weighted by molar-refractivity contribution is -0.139. The van der Waals surface area contributed by atoms with E-state index in [9.17, 15) is 24.3 Å². The lowest BCUT2D eigenvalue weighted by atomic mass is 10.1. The van der Waals surface area contributed by atoms with Gasteiger partial charge in [0.25, 0.3) is 0 Å². The van der Waals surface area contributed by atoms with E-state index in [0.717, 1.165) is 11.8 Å². The van der Waals surface area contributed by atoms with Gasteiger partial charge in [-0.05, 0) is 24.6 Å². The predicted octanol–water partition coefficient (Wildman–Crippen LogP) is -1.06. The summed E-state index contributed by atoms with van der Waals surface area (Å²) in [5.41, 5.74) is 11.4. The number of hydrogen-bond acceptors (Lipinski definition) is 8. The van der Waals surface area contributed by atoms with Crippen molar-refractivity contribution in [1.29, 1.82) is 0 Å². The number of nitrogens with one attached hydrogen (secondary N) is 2. The van der Waals surface area contributed by atoms with Crippen LogP contribution >= 0.6 is 11.8 Å². The van der Waals surface area contributed by atoms with Crippen LogP contribution in [0.2, 0.25) is 0 Å². The third-order valence-electron chi connectivity index (χ3n) is 3.45. The number of carbonyl (C=O) groups is 4. The summed E-state index contributed by atoms with van der Waals surface area (Å²) in [7, 11) is 0. The van der Waals surface area contributed by atoms with Crippen molar-refractivity contribution < 1.29 is 34.5 Å². The van der Waals surface area contributed by atoms with Gasteiger partial charge in [-0.3, -0.25) is 19.2 Å². The lowest BCUT2D eigenvalue weighted by Gasteiger charge is -2.18. The Morgan fingerprint density at radius 1 is 1.18 bits per heavy atom. The van der Waals surface area contributed by atoms with Crippen LogP contribution in [0.5, 0.6) is 5.75 Å². The number of carboxylic acid groups (broad SMARTS) is 2. The zero-order valence-electron chi connectivity index (χ0n) is 14.8. The molecule has 0 saturated heterocycles. The highest BCUT2D eigenvalue weighted by molar-refractivity contribution is 7.99. The molecule has 154 valence electrons. The number of amides is 2. The molecule has 11 nitrogen and oxygen atoms in total. The Morgan fingerprint density at radius 3 is 2.46 bits per heavy atom. The van der Waals surface area contributed by atoms with Gasteiger partial charge in [-0.25, -0.2) is 0 Å². The van der Waals surface area contributed by atoms with Crippen LogP contribution in [-0.2, 0) is 19.2 Å². The fourth-order valence-electron chi connectivity index (χ4n) is 1.96. The number of phenols is 1. The number of thioether (sulfide) groups is 1. The average molecular weight is 414 g/mol. The molecule has 1 rings (SSSR count). The molecule has 28 heavy (non-hydrogen) atoms. The van der Waals surface area contributed by atoms with Crippen molar-refractivity contribution in [2.24, 2.45) is 5.73 Å². The molecule has 2 amide bonds. The third kappa shape index (κ3) is 8.14. The number of rotatable bonds is 11. The minimum atomic E-state index is -1.26. The van der Waals surface area contributed by atoms with Crippen molar-refractivity contribution in [2.45, 2.75) is 29.8 Å². The van der Waals surface area contributed by atoms with E-state index in [2.05, 4.69) is 10.6 Å². The summed E-state index contributed by atoms with van der Waals surface area (Å²) < 4.78 is 0. The van der Waals surface area contributed by atoms with Crippen molar-refractivity contribution >= 4 is 41.2 Å². The van der Waals surface area contributed by atoms with E-state index in [4.69, 9.17) is 21.7 Å². The van der Waals surface area contributed by atoms with E-state index in [1.807, 2.05) is 0 Å². The van der Waals surface area contributed by atoms with Crippen LogP contribution in [0.1, 0.15) is 12.8 Å². The molecule has 0 aliphatic carbocycles. The summed E-state index contributed by atoms with van der Waals surface area (Å²) >= 11 is 1.03. The van der Waals surface area contributed by atoms with Crippen LogP contribution in [0, 0.1) is 0 Å². The SMILES string of the molecule is Nc1ccc(O)c(SC[C@@H](NC(=O)CC[C@@H](N)C(=O)O)C(=O)NCC(=O)O)c1. The number of nitrogens with two attached hydrogens (primary N) is 2. The minimum absolute atomic E-state index is 0.0286. The first-order chi connectivity index (χ1) is 13.1. The molecule has 1 aromatic carbocycles. The molecule has 0 saturated carbocycles. The Labute approximate surface area is 164 Å². The fraction of sp³-hybridized carbons (Fsp3) is 0.375. The van der Waals surface area contributed by atoms with Crippen LogP contribution < -0.4 is 22.1 Å². The second-order valence-electron chi connectivity index (χ2n) is 5.75. The molecular weight excluding hydrogens is 392 g/mol. The predicted molar refractivity (Wildman–Crippen MR) is 101 cm³/mol. The second kappa shape index (κ2) is 11.0. The van der Waals surface area contributed by atoms with Gasteiger partial charge in [0, 0.05) is 17.9 Å².